The highest BCUT2D eigenvalue weighted by atomic mass is 79.9. The Labute approximate surface area is 155 Å². The highest BCUT2D eigenvalue weighted by Crippen LogP contribution is 2.37. The summed E-state index contributed by atoms with van der Waals surface area (Å²) in [4.78, 5) is 24.1. The van der Waals surface area contributed by atoms with E-state index in [4.69, 9.17) is 18.9 Å². The number of cyclic esters (lactones) is 2. The topological polar surface area (TPSA) is 71.1 Å². The van der Waals surface area contributed by atoms with E-state index in [2.05, 4.69) is 22.9 Å². The number of carbonyl (C=O) groups is 2. The van der Waals surface area contributed by atoms with Crippen LogP contribution in [0.25, 0.3) is 6.08 Å². The van der Waals surface area contributed by atoms with Gasteiger partial charge in [-0.1, -0.05) is 13.3 Å². The number of rotatable bonds is 6. The fourth-order valence-corrected chi connectivity index (χ4v) is 2.80. The molecule has 0 N–H and O–H groups in total. The van der Waals surface area contributed by atoms with Gasteiger partial charge in [-0.25, -0.2) is 9.59 Å². The second-order valence-electron chi connectivity index (χ2n) is 5.97. The molecule has 0 amide bonds. The molecule has 1 aliphatic rings. The van der Waals surface area contributed by atoms with Gasteiger partial charge in [-0.3, -0.25) is 0 Å². The van der Waals surface area contributed by atoms with Gasteiger partial charge in [0.25, 0.3) is 5.79 Å². The van der Waals surface area contributed by atoms with Gasteiger partial charge in [0.15, 0.2) is 11.5 Å². The van der Waals surface area contributed by atoms with Gasteiger partial charge < -0.3 is 18.9 Å². The molecule has 0 saturated carbocycles. The van der Waals surface area contributed by atoms with E-state index < -0.39 is 17.7 Å². The summed E-state index contributed by atoms with van der Waals surface area (Å²) in [6, 6.07) is 3.41. The van der Waals surface area contributed by atoms with E-state index in [0.29, 0.717) is 28.1 Å². The van der Waals surface area contributed by atoms with Gasteiger partial charge >= 0.3 is 11.9 Å². The van der Waals surface area contributed by atoms with Gasteiger partial charge in [0.2, 0.25) is 0 Å². The minimum atomic E-state index is -1.26. The first kappa shape index (κ1) is 19.3. The third-order valence-corrected chi connectivity index (χ3v) is 4.01. The summed E-state index contributed by atoms with van der Waals surface area (Å²) in [6.45, 7) is 5.65. The second-order valence-corrected chi connectivity index (χ2v) is 6.83. The Bertz CT molecular complexity index is 686. The Hall–Kier alpha value is -2.02. The highest BCUT2D eigenvalue weighted by Gasteiger charge is 2.38. The van der Waals surface area contributed by atoms with Crippen molar-refractivity contribution in [3.63, 3.8) is 0 Å². The smallest absolute Gasteiger partial charge is 0.348 e. The Morgan fingerprint density at radius 3 is 2.40 bits per heavy atom. The normalized spacial score (nSPS) is 16.1. The second kappa shape index (κ2) is 7.91. The third kappa shape index (κ3) is 4.75. The molecule has 0 atom stereocenters. The van der Waals surface area contributed by atoms with Crippen LogP contribution < -0.4 is 9.47 Å². The molecule has 0 aromatic heterocycles. The molecule has 1 heterocycles. The van der Waals surface area contributed by atoms with Gasteiger partial charge in [-0.15, -0.1) is 0 Å². The number of halogens is 1. The van der Waals surface area contributed by atoms with E-state index in [0.717, 1.165) is 12.8 Å². The molecule has 0 bridgehead atoms. The lowest BCUT2D eigenvalue weighted by molar-refractivity contribution is -0.222. The molecular formula is C18H21BrO6. The molecule has 25 heavy (non-hydrogen) atoms. The van der Waals surface area contributed by atoms with Crippen molar-refractivity contribution in [2.75, 3.05) is 13.7 Å². The molecule has 0 unspecified atom stereocenters. The van der Waals surface area contributed by atoms with E-state index in [-0.39, 0.29) is 5.57 Å². The molecule has 1 saturated heterocycles. The summed E-state index contributed by atoms with van der Waals surface area (Å²) in [5, 5.41) is 0. The van der Waals surface area contributed by atoms with Crippen molar-refractivity contribution >= 4 is 33.9 Å². The molecule has 0 radical (unpaired) electrons. The van der Waals surface area contributed by atoms with E-state index in [9.17, 15) is 9.59 Å². The third-order valence-electron chi connectivity index (χ3n) is 3.42. The van der Waals surface area contributed by atoms with Crippen LogP contribution in [0, 0.1) is 0 Å². The van der Waals surface area contributed by atoms with E-state index in [1.165, 1.54) is 27.0 Å². The van der Waals surface area contributed by atoms with Crippen LogP contribution >= 0.6 is 15.9 Å². The molecule has 7 heteroatoms. The van der Waals surface area contributed by atoms with Gasteiger partial charge in [-0.2, -0.15) is 0 Å². The standard InChI is InChI=1S/C18H21BrO6/c1-5-6-7-23-15-13(19)9-11(10-14(15)22-4)8-12-16(20)24-18(2,3)25-17(12)21/h8-10H,5-7H2,1-4H3. The number of esters is 2. The van der Waals surface area contributed by atoms with Crippen molar-refractivity contribution in [3.05, 3.63) is 27.7 Å². The average molecular weight is 413 g/mol. The predicted molar refractivity (Wildman–Crippen MR) is 95.3 cm³/mol. The maximum Gasteiger partial charge on any atom is 0.348 e. The highest BCUT2D eigenvalue weighted by molar-refractivity contribution is 9.10. The molecule has 136 valence electrons. The summed E-state index contributed by atoms with van der Waals surface area (Å²) >= 11 is 3.44. The summed E-state index contributed by atoms with van der Waals surface area (Å²) in [7, 11) is 1.52. The molecule has 0 aliphatic carbocycles. The average Bonchev–Trinajstić information content (AvgIpc) is 2.51. The van der Waals surface area contributed by atoms with Crippen LogP contribution in [-0.4, -0.2) is 31.4 Å². The Morgan fingerprint density at radius 2 is 1.84 bits per heavy atom. The summed E-state index contributed by atoms with van der Waals surface area (Å²) in [6.07, 6.45) is 3.35. The number of ether oxygens (including phenoxy) is 4. The van der Waals surface area contributed by atoms with E-state index in [1.54, 1.807) is 12.1 Å². The maximum absolute atomic E-state index is 12.0. The number of unbranched alkanes of at least 4 members (excludes halogenated alkanes) is 1. The zero-order valence-electron chi connectivity index (χ0n) is 14.7. The van der Waals surface area contributed by atoms with Crippen LogP contribution in [0.1, 0.15) is 39.2 Å². The minimum Gasteiger partial charge on any atom is -0.493 e. The van der Waals surface area contributed by atoms with Crippen LogP contribution in [0.2, 0.25) is 0 Å². The summed E-state index contributed by atoms with van der Waals surface area (Å²) < 4.78 is 21.9. The molecule has 2 rings (SSSR count). The molecule has 0 spiro atoms. The first-order valence-electron chi connectivity index (χ1n) is 7.96. The number of benzene rings is 1. The van der Waals surface area contributed by atoms with Gasteiger partial charge in [-0.05, 0) is 46.1 Å². The van der Waals surface area contributed by atoms with Crippen LogP contribution in [0.5, 0.6) is 11.5 Å². The molecule has 1 aromatic carbocycles. The summed E-state index contributed by atoms with van der Waals surface area (Å²) in [5.74, 6) is -1.64. The monoisotopic (exact) mass is 412 g/mol. The van der Waals surface area contributed by atoms with Crippen LogP contribution in [0.15, 0.2) is 22.2 Å². The minimum absolute atomic E-state index is 0.173. The number of carbonyl (C=O) groups excluding carboxylic acids is 2. The van der Waals surface area contributed by atoms with Crippen molar-refractivity contribution in [1.82, 2.24) is 0 Å². The van der Waals surface area contributed by atoms with Gasteiger partial charge in [0.05, 0.1) is 18.2 Å². The number of hydrogen-bond acceptors (Lipinski definition) is 6. The van der Waals surface area contributed by atoms with Crippen molar-refractivity contribution < 1.29 is 28.5 Å². The fourth-order valence-electron chi connectivity index (χ4n) is 2.23. The van der Waals surface area contributed by atoms with Crippen molar-refractivity contribution in [2.24, 2.45) is 0 Å². The predicted octanol–water partition coefficient (Wildman–Crippen LogP) is 3.86. The first-order chi connectivity index (χ1) is 11.8. The van der Waals surface area contributed by atoms with E-state index >= 15 is 0 Å². The quantitative estimate of drug-likeness (QED) is 0.305. The lowest BCUT2D eigenvalue weighted by Gasteiger charge is -2.29. The molecule has 1 aliphatic heterocycles. The Morgan fingerprint density at radius 1 is 1.20 bits per heavy atom. The van der Waals surface area contributed by atoms with Gasteiger partial charge in [0, 0.05) is 13.8 Å². The lowest BCUT2D eigenvalue weighted by atomic mass is 10.1. The Balaban J connectivity index is 2.32. The van der Waals surface area contributed by atoms with Crippen molar-refractivity contribution in [2.45, 2.75) is 39.4 Å². The SMILES string of the molecule is CCCCOc1c(Br)cc(C=C2C(=O)OC(C)(C)OC2=O)cc1OC. The van der Waals surface area contributed by atoms with Crippen LogP contribution in [0.3, 0.4) is 0 Å². The number of methoxy groups -OCH3 is 1. The lowest BCUT2D eigenvalue weighted by Crippen LogP contribution is -2.41. The molecule has 1 fully saturated rings. The largest absolute Gasteiger partial charge is 0.493 e. The molecular weight excluding hydrogens is 392 g/mol. The number of hydrogen-bond donors (Lipinski definition) is 0. The van der Waals surface area contributed by atoms with Crippen molar-refractivity contribution in [1.29, 1.82) is 0 Å². The zero-order chi connectivity index (χ0) is 18.6. The van der Waals surface area contributed by atoms with Gasteiger partial charge in [0.1, 0.15) is 5.57 Å². The van der Waals surface area contributed by atoms with Crippen molar-refractivity contribution in [3.8, 4) is 11.5 Å². The van der Waals surface area contributed by atoms with E-state index in [1.807, 2.05) is 0 Å². The zero-order valence-corrected chi connectivity index (χ0v) is 16.3. The van der Waals surface area contributed by atoms with Crippen LogP contribution in [-0.2, 0) is 19.1 Å². The van der Waals surface area contributed by atoms with Crippen LogP contribution in [0.4, 0.5) is 0 Å². The summed E-state index contributed by atoms with van der Waals surface area (Å²) in [5.41, 5.74) is 0.406. The Kier molecular flexibility index (Phi) is 6.11. The molecule has 1 aromatic rings. The maximum atomic E-state index is 12.0. The molecule has 6 nitrogen and oxygen atoms in total. The fraction of sp³-hybridized carbons (Fsp3) is 0.444. The first-order valence-corrected chi connectivity index (χ1v) is 8.75.